The first kappa shape index (κ1) is 16.7. The number of pyridine rings is 1. The van der Waals surface area contributed by atoms with Crippen molar-refractivity contribution in [3.05, 3.63) is 54.4 Å². The fourth-order valence-corrected chi connectivity index (χ4v) is 2.86. The minimum absolute atomic E-state index is 0.0461. The van der Waals surface area contributed by atoms with Gasteiger partial charge in [0.15, 0.2) is 0 Å². The lowest BCUT2D eigenvalue weighted by Gasteiger charge is -2.36. The molecule has 3 heteroatoms. The second-order valence-corrected chi connectivity index (χ2v) is 6.92. The zero-order chi connectivity index (χ0) is 16.2. The second kappa shape index (κ2) is 7.03. The fourth-order valence-electron chi connectivity index (χ4n) is 2.86. The molecule has 3 nitrogen and oxygen atoms in total. The maximum Gasteiger partial charge on any atom is 0.0591 e. The van der Waals surface area contributed by atoms with E-state index in [1.165, 1.54) is 11.1 Å². The number of benzene rings is 1. The fraction of sp³-hybridized carbons (Fsp3) is 0.421. The molecule has 0 aliphatic carbocycles. The highest BCUT2D eigenvalue weighted by Crippen LogP contribution is 2.25. The number of hydrogen-bond acceptors (Lipinski definition) is 3. The Labute approximate surface area is 133 Å². The Bertz CT molecular complexity index is 590. The third kappa shape index (κ3) is 4.15. The number of aliphatic hydroxyl groups excluding tert-OH is 1. The Hall–Kier alpha value is -1.71. The van der Waals surface area contributed by atoms with Gasteiger partial charge in [-0.1, -0.05) is 45.0 Å². The van der Waals surface area contributed by atoms with Crippen LogP contribution in [0.25, 0.3) is 11.1 Å². The molecule has 0 saturated heterocycles. The Kier molecular flexibility index (Phi) is 5.33. The standard InChI is InChI=1S/C19H26N2O/c1-19(2,3)18(14-22)21(4)13-15-7-5-8-16(11-15)17-9-6-10-20-12-17/h5-12,18,22H,13-14H2,1-4H3. The number of nitrogens with zero attached hydrogens (tertiary/aromatic N) is 2. The molecule has 22 heavy (non-hydrogen) atoms. The molecule has 1 atom stereocenters. The number of hydrogen-bond donors (Lipinski definition) is 1. The smallest absolute Gasteiger partial charge is 0.0591 e. The van der Waals surface area contributed by atoms with Crippen molar-refractivity contribution >= 4 is 0 Å². The van der Waals surface area contributed by atoms with E-state index in [0.29, 0.717) is 0 Å². The Morgan fingerprint density at radius 2 is 1.86 bits per heavy atom. The summed E-state index contributed by atoms with van der Waals surface area (Å²) in [5, 5.41) is 9.69. The lowest BCUT2D eigenvalue weighted by atomic mass is 9.86. The van der Waals surface area contributed by atoms with Gasteiger partial charge in [0, 0.05) is 25.0 Å². The van der Waals surface area contributed by atoms with Crippen LogP contribution in [0.5, 0.6) is 0 Å². The van der Waals surface area contributed by atoms with Crippen LogP contribution >= 0.6 is 0 Å². The molecule has 0 radical (unpaired) electrons. The predicted molar refractivity (Wildman–Crippen MR) is 91.5 cm³/mol. The summed E-state index contributed by atoms with van der Waals surface area (Å²) in [4.78, 5) is 6.41. The molecular formula is C19H26N2O. The average molecular weight is 298 g/mol. The monoisotopic (exact) mass is 298 g/mol. The van der Waals surface area contributed by atoms with Crippen molar-refractivity contribution in [2.24, 2.45) is 5.41 Å². The highest BCUT2D eigenvalue weighted by molar-refractivity contribution is 5.62. The van der Waals surface area contributed by atoms with Gasteiger partial charge in [-0.2, -0.15) is 0 Å². The average Bonchev–Trinajstić information content (AvgIpc) is 2.47. The zero-order valence-corrected chi connectivity index (χ0v) is 14.0. The van der Waals surface area contributed by atoms with Gasteiger partial charge < -0.3 is 5.11 Å². The van der Waals surface area contributed by atoms with Crippen molar-refractivity contribution < 1.29 is 5.11 Å². The summed E-state index contributed by atoms with van der Waals surface area (Å²) in [6.07, 6.45) is 3.67. The summed E-state index contributed by atoms with van der Waals surface area (Å²) < 4.78 is 0. The summed E-state index contributed by atoms with van der Waals surface area (Å²) >= 11 is 0. The van der Waals surface area contributed by atoms with Gasteiger partial charge >= 0.3 is 0 Å². The molecule has 1 aromatic heterocycles. The van der Waals surface area contributed by atoms with Gasteiger partial charge in [0.05, 0.1) is 6.61 Å². The Balaban J connectivity index is 2.17. The van der Waals surface area contributed by atoms with E-state index in [0.717, 1.165) is 12.1 Å². The zero-order valence-electron chi connectivity index (χ0n) is 14.0. The van der Waals surface area contributed by atoms with Gasteiger partial charge in [-0.15, -0.1) is 0 Å². The summed E-state index contributed by atoms with van der Waals surface area (Å²) in [7, 11) is 2.07. The summed E-state index contributed by atoms with van der Waals surface area (Å²) in [5.74, 6) is 0. The topological polar surface area (TPSA) is 36.4 Å². The Morgan fingerprint density at radius 1 is 1.14 bits per heavy atom. The first-order valence-corrected chi connectivity index (χ1v) is 7.72. The number of likely N-dealkylation sites (N-methyl/N-ethyl adjacent to an activating group) is 1. The van der Waals surface area contributed by atoms with E-state index in [2.05, 4.69) is 68.0 Å². The lowest BCUT2D eigenvalue weighted by molar-refractivity contribution is 0.0614. The molecule has 0 saturated carbocycles. The first-order chi connectivity index (χ1) is 10.4. The molecule has 2 rings (SSSR count). The molecule has 1 N–H and O–H groups in total. The van der Waals surface area contributed by atoms with Crippen LogP contribution in [-0.4, -0.2) is 34.7 Å². The molecular weight excluding hydrogens is 272 g/mol. The molecule has 1 heterocycles. The van der Waals surface area contributed by atoms with Crippen molar-refractivity contribution in [3.63, 3.8) is 0 Å². The van der Waals surface area contributed by atoms with Crippen molar-refractivity contribution in [2.45, 2.75) is 33.4 Å². The van der Waals surface area contributed by atoms with Crippen LogP contribution in [0.4, 0.5) is 0 Å². The number of rotatable bonds is 5. The van der Waals surface area contributed by atoms with E-state index >= 15 is 0 Å². The summed E-state index contributed by atoms with van der Waals surface area (Å²) in [6.45, 7) is 7.47. The molecule has 0 fully saturated rings. The molecule has 0 amide bonds. The van der Waals surface area contributed by atoms with E-state index in [1.54, 1.807) is 6.20 Å². The molecule has 0 aliphatic heterocycles. The maximum absolute atomic E-state index is 9.69. The Morgan fingerprint density at radius 3 is 2.45 bits per heavy atom. The van der Waals surface area contributed by atoms with E-state index in [1.807, 2.05) is 12.3 Å². The van der Waals surface area contributed by atoms with Crippen molar-refractivity contribution in [1.82, 2.24) is 9.88 Å². The van der Waals surface area contributed by atoms with Crippen LogP contribution in [-0.2, 0) is 6.54 Å². The minimum Gasteiger partial charge on any atom is -0.395 e. The molecule has 1 unspecified atom stereocenters. The SMILES string of the molecule is CN(Cc1cccc(-c2cccnc2)c1)C(CO)C(C)(C)C. The molecule has 2 aromatic rings. The lowest BCUT2D eigenvalue weighted by Crippen LogP contribution is -2.43. The molecule has 0 spiro atoms. The summed E-state index contributed by atoms with van der Waals surface area (Å²) in [6, 6.07) is 12.7. The van der Waals surface area contributed by atoms with Crippen LogP contribution in [0.1, 0.15) is 26.3 Å². The van der Waals surface area contributed by atoms with E-state index in [4.69, 9.17) is 0 Å². The highest BCUT2D eigenvalue weighted by atomic mass is 16.3. The van der Waals surface area contributed by atoms with Gasteiger partial charge in [-0.25, -0.2) is 0 Å². The molecule has 0 aliphatic rings. The van der Waals surface area contributed by atoms with Gasteiger partial charge in [0.1, 0.15) is 0 Å². The number of aliphatic hydroxyl groups is 1. The van der Waals surface area contributed by atoms with Crippen LogP contribution < -0.4 is 0 Å². The second-order valence-electron chi connectivity index (χ2n) is 6.92. The quantitative estimate of drug-likeness (QED) is 0.916. The highest BCUT2D eigenvalue weighted by Gasteiger charge is 2.27. The van der Waals surface area contributed by atoms with Gasteiger partial charge in [0.25, 0.3) is 0 Å². The first-order valence-electron chi connectivity index (χ1n) is 7.72. The third-order valence-corrected chi connectivity index (χ3v) is 4.06. The minimum atomic E-state index is 0.0461. The summed E-state index contributed by atoms with van der Waals surface area (Å²) in [5.41, 5.74) is 3.59. The molecule has 118 valence electrons. The third-order valence-electron chi connectivity index (χ3n) is 4.06. The van der Waals surface area contributed by atoms with E-state index < -0.39 is 0 Å². The van der Waals surface area contributed by atoms with Crippen LogP contribution in [0, 0.1) is 5.41 Å². The van der Waals surface area contributed by atoms with Crippen molar-refractivity contribution in [3.8, 4) is 11.1 Å². The normalized spacial score (nSPS) is 13.4. The van der Waals surface area contributed by atoms with Crippen molar-refractivity contribution in [1.29, 1.82) is 0 Å². The van der Waals surface area contributed by atoms with Crippen LogP contribution in [0.2, 0.25) is 0 Å². The van der Waals surface area contributed by atoms with E-state index in [-0.39, 0.29) is 18.1 Å². The van der Waals surface area contributed by atoms with Crippen LogP contribution in [0.15, 0.2) is 48.8 Å². The van der Waals surface area contributed by atoms with Crippen molar-refractivity contribution in [2.75, 3.05) is 13.7 Å². The van der Waals surface area contributed by atoms with Gasteiger partial charge in [-0.05, 0) is 41.3 Å². The predicted octanol–water partition coefficient (Wildman–Crippen LogP) is 3.59. The van der Waals surface area contributed by atoms with Gasteiger partial charge in [0.2, 0.25) is 0 Å². The maximum atomic E-state index is 9.69. The molecule has 1 aromatic carbocycles. The molecule has 0 bridgehead atoms. The largest absolute Gasteiger partial charge is 0.395 e. The van der Waals surface area contributed by atoms with E-state index in [9.17, 15) is 5.11 Å². The van der Waals surface area contributed by atoms with Gasteiger partial charge in [-0.3, -0.25) is 9.88 Å². The van der Waals surface area contributed by atoms with Crippen LogP contribution in [0.3, 0.4) is 0 Å². The number of aromatic nitrogens is 1.